The van der Waals surface area contributed by atoms with E-state index in [4.69, 9.17) is 0 Å². The number of para-hydroxylation sites is 2. The Labute approximate surface area is 383 Å². The maximum Gasteiger partial charge on any atom is 0.0540 e. The molecular weight excluding hydrogens is 783 g/mol. The number of hydrogen-bond acceptors (Lipinski definition) is 1. The Morgan fingerprint density at radius 1 is 0.277 bits per heavy atom. The van der Waals surface area contributed by atoms with E-state index < -0.39 is 0 Å². The van der Waals surface area contributed by atoms with Crippen LogP contribution in [0.5, 0.6) is 0 Å². The third-order valence-corrected chi connectivity index (χ3v) is 14.5. The lowest BCUT2D eigenvalue weighted by atomic mass is 9.81. The van der Waals surface area contributed by atoms with Crippen molar-refractivity contribution in [2.75, 3.05) is 4.90 Å². The highest BCUT2D eigenvalue weighted by atomic mass is 15.1. The molecule has 310 valence electrons. The van der Waals surface area contributed by atoms with Crippen molar-refractivity contribution >= 4 is 27.8 Å². The van der Waals surface area contributed by atoms with E-state index in [0.717, 1.165) is 17.1 Å². The molecule has 10 aromatic rings. The van der Waals surface area contributed by atoms with Gasteiger partial charge in [-0.15, -0.1) is 0 Å². The Morgan fingerprint density at radius 3 is 1.31 bits per heavy atom. The molecule has 0 aliphatic heterocycles. The minimum absolute atomic E-state index is 0.110. The van der Waals surface area contributed by atoms with Gasteiger partial charge in [0, 0.05) is 27.6 Å². The number of anilines is 3. The zero-order valence-corrected chi connectivity index (χ0v) is 37.3. The van der Waals surface area contributed by atoms with Crippen LogP contribution in [0.2, 0.25) is 0 Å². The average Bonchev–Trinajstić information content (AvgIpc) is 3.73. The van der Waals surface area contributed by atoms with Crippen molar-refractivity contribution in [2.24, 2.45) is 0 Å². The van der Waals surface area contributed by atoms with Crippen LogP contribution in [0.4, 0.5) is 17.1 Å². The van der Waals surface area contributed by atoms with E-state index in [9.17, 15) is 0 Å². The van der Waals surface area contributed by atoms with Gasteiger partial charge in [-0.2, -0.15) is 0 Å². The molecule has 0 amide bonds. The molecule has 0 bridgehead atoms. The van der Waals surface area contributed by atoms with Crippen molar-refractivity contribution in [3.8, 4) is 66.8 Å². The van der Waals surface area contributed by atoms with Gasteiger partial charge in [0.15, 0.2) is 0 Å². The maximum atomic E-state index is 2.52. The molecule has 0 fully saturated rings. The molecule has 0 N–H and O–H groups in total. The number of hydrogen-bond donors (Lipinski definition) is 0. The van der Waals surface area contributed by atoms with Crippen molar-refractivity contribution in [2.45, 2.75) is 38.5 Å². The predicted molar refractivity (Wildman–Crippen MR) is 276 cm³/mol. The van der Waals surface area contributed by atoms with E-state index in [1.807, 2.05) is 0 Å². The van der Waals surface area contributed by atoms with Crippen LogP contribution < -0.4 is 4.90 Å². The second kappa shape index (κ2) is 14.9. The van der Waals surface area contributed by atoms with Crippen molar-refractivity contribution in [1.29, 1.82) is 0 Å². The van der Waals surface area contributed by atoms with Crippen LogP contribution in [0.1, 0.15) is 49.9 Å². The summed E-state index contributed by atoms with van der Waals surface area (Å²) in [4.78, 5) is 2.52. The standard InChI is InChI=1S/C64H49N/c1-63(2)56-31-12-8-27-52(56)54-37-35-46(40-58(54)63)49-26-11-15-34-61(49)65(47-36-38-55-53-28-9-13-32-57(53)64(3,4)59(55)41-47)60-33-14-10-25-48(60)44-23-16-24-45(39-44)51-30-18-22-43-21-17-29-50(62(43)51)42-19-6-5-7-20-42/h5-41H,1-4H3. The lowest BCUT2D eigenvalue weighted by molar-refractivity contribution is 0.660. The number of rotatable bonds is 7. The Bertz CT molecular complexity index is 3490. The average molecular weight is 832 g/mol. The van der Waals surface area contributed by atoms with Gasteiger partial charge in [-0.3, -0.25) is 0 Å². The van der Waals surface area contributed by atoms with E-state index in [2.05, 4.69) is 257 Å². The molecule has 10 aromatic carbocycles. The molecule has 12 rings (SSSR count). The highest BCUT2D eigenvalue weighted by molar-refractivity contribution is 6.07. The largest absolute Gasteiger partial charge is 0.309 e. The summed E-state index contributed by atoms with van der Waals surface area (Å²) in [6.45, 7) is 9.49. The number of benzene rings is 10. The molecule has 0 spiro atoms. The third-order valence-electron chi connectivity index (χ3n) is 14.5. The van der Waals surface area contributed by atoms with E-state index in [-0.39, 0.29) is 10.8 Å². The SMILES string of the molecule is CC1(C)c2ccccc2-c2ccc(-c3ccccc3N(c3ccc4c(c3)C(C)(C)c3ccccc3-4)c3ccccc3-c3cccc(-c4cccc5cccc(-c6ccccc6)c45)c3)cc21. The zero-order valence-electron chi connectivity index (χ0n) is 37.3. The molecule has 0 atom stereocenters. The fourth-order valence-electron chi connectivity index (χ4n) is 11.2. The lowest BCUT2D eigenvalue weighted by Crippen LogP contribution is -2.17. The molecule has 0 radical (unpaired) electrons. The van der Waals surface area contributed by atoms with E-state index in [1.165, 1.54) is 99.8 Å². The smallest absolute Gasteiger partial charge is 0.0540 e. The number of nitrogens with zero attached hydrogens (tertiary/aromatic N) is 1. The van der Waals surface area contributed by atoms with E-state index in [1.54, 1.807) is 0 Å². The molecule has 65 heavy (non-hydrogen) atoms. The summed E-state index contributed by atoms with van der Waals surface area (Å²) < 4.78 is 0. The molecule has 0 heterocycles. The topological polar surface area (TPSA) is 3.24 Å². The summed E-state index contributed by atoms with van der Waals surface area (Å²) in [5.41, 5.74) is 23.6. The van der Waals surface area contributed by atoms with Crippen LogP contribution in [0.25, 0.3) is 77.5 Å². The van der Waals surface area contributed by atoms with Crippen LogP contribution >= 0.6 is 0 Å². The van der Waals surface area contributed by atoms with Crippen molar-refractivity contribution in [1.82, 2.24) is 0 Å². The third kappa shape index (κ3) is 6.14. The van der Waals surface area contributed by atoms with Crippen LogP contribution in [-0.4, -0.2) is 0 Å². The number of fused-ring (bicyclic) bond motifs is 7. The second-order valence-corrected chi connectivity index (χ2v) is 18.9. The quantitative estimate of drug-likeness (QED) is 0.155. The Kier molecular flexibility index (Phi) is 8.94. The fourth-order valence-corrected chi connectivity index (χ4v) is 11.2. The molecule has 1 heteroatoms. The predicted octanol–water partition coefficient (Wildman–Crippen LogP) is 17.6. The van der Waals surface area contributed by atoms with Gasteiger partial charge in [-0.25, -0.2) is 0 Å². The molecule has 2 aliphatic carbocycles. The molecule has 0 unspecified atom stereocenters. The first-order valence-electron chi connectivity index (χ1n) is 22.9. The van der Waals surface area contributed by atoms with E-state index >= 15 is 0 Å². The second-order valence-electron chi connectivity index (χ2n) is 18.9. The van der Waals surface area contributed by atoms with Crippen LogP contribution in [0.3, 0.4) is 0 Å². The van der Waals surface area contributed by atoms with Gasteiger partial charge < -0.3 is 4.90 Å². The van der Waals surface area contributed by atoms with E-state index in [0.29, 0.717) is 0 Å². The van der Waals surface area contributed by atoms with Gasteiger partial charge in [-0.1, -0.05) is 216 Å². The first-order valence-corrected chi connectivity index (χ1v) is 22.9. The molecule has 0 saturated heterocycles. The Balaban J connectivity index is 1.06. The minimum Gasteiger partial charge on any atom is -0.309 e. The molecule has 0 aromatic heterocycles. The summed E-state index contributed by atoms with van der Waals surface area (Å²) in [5, 5.41) is 2.50. The van der Waals surface area contributed by atoms with Crippen LogP contribution in [0.15, 0.2) is 224 Å². The maximum absolute atomic E-state index is 2.52. The van der Waals surface area contributed by atoms with Crippen LogP contribution in [0, 0.1) is 0 Å². The first-order chi connectivity index (χ1) is 31.8. The summed E-state index contributed by atoms with van der Waals surface area (Å²) in [7, 11) is 0. The van der Waals surface area contributed by atoms with Gasteiger partial charge in [-0.05, 0) is 125 Å². The van der Waals surface area contributed by atoms with Gasteiger partial charge in [0.1, 0.15) is 0 Å². The monoisotopic (exact) mass is 831 g/mol. The molecular formula is C64H49N. The Hall–Kier alpha value is -7.74. The summed E-state index contributed by atoms with van der Waals surface area (Å²) in [6.07, 6.45) is 0. The zero-order chi connectivity index (χ0) is 43.9. The molecule has 0 saturated carbocycles. The normalized spacial score (nSPS) is 13.8. The van der Waals surface area contributed by atoms with Gasteiger partial charge in [0.25, 0.3) is 0 Å². The Morgan fingerprint density at radius 2 is 0.692 bits per heavy atom. The van der Waals surface area contributed by atoms with Gasteiger partial charge in [0.05, 0.1) is 11.4 Å². The minimum atomic E-state index is -0.154. The van der Waals surface area contributed by atoms with Crippen molar-refractivity contribution in [3.05, 3.63) is 247 Å². The van der Waals surface area contributed by atoms with Gasteiger partial charge >= 0.3 is 0 Å². The summed E-state index contributed by atoms with van der Waals surface area (Å²) >= 11 is 0. The van der Waals surface area contributed by atoms with Crippen LogP contribution in [-0.2, 0) is 10.8 Å². The highest BCUT2D eigenvalue weighted by Gasteiger charge is 2.37. The van der Waals surface area contributed by atoms with Crippen molar-refractivity contribution in [3.63, 3.8) is 0 Å². The summed E-state index contributed by atoms with van der Waals surface area (Å²) in [6, 6.07) is 83.4. The van der Waals surface area contributed by atoms with Gasteiger partial charge in [0.2, 0.25) is 0 Å². The molecule has 1 nitrogen and oxygen atoms in total. The molecule has 2 aliphatic rings. The highest BCUT2D eigenvalue weighted by Crippen LogP contribution is 2.54. The lowest BCUT2D eigenvalue weighted by Gasteiger charge is -2.31. The fraction of sp³-hybridized carbons (Fsp3) is 0.0938. The first kappa shape index (κ1) is 38.9. The van der Waals surface area contributed by atoms with Crippen molar-refractivity contribution < 1.29 is 0 Å². The summed E-state index contributed by atoms with van der Waals surface area (Å²) in [5.74, 6) is 0.